The molecule has 1 amide bonds. The number of nitrogens with zero attached hydrogens (tertiary/aromatic N) is 1. The fraction of sp³-hybridized carbons (Fsp3) is 0.381. The van der Waals surface area contributed by atoms with E-state index in [9.17, 15) is 34.8 Å². The van der Waals surface area contributed by atoms with Crippen LogP contribution in [0.4, 0.5) is 5.69 Å². The minimum absolute atomic E-state index is 0. The predicted molar refractivity (Wildman–Crippen MR) is 120 cm³/mol. The molecule has 10 nitrogen and oxygen atoms in total. The number of fused-ring (bicyclic) bond motifs is 3. The Balaban J connectivity index is 0.00000306. The summed E-state index contributed by atoms with van der Waals surface area (Å²) in [6.07, 6.45) is 0.0764. The van der Waals surface area contributed by atoms with Gasteiger partial charge in [-0.2, -0.15) is 0 Å². The third-order valence-corrected chi connectivity index (χ3v) is 7.03. The molecular formula is C21H23Cl2N3O7. The molecule has 12 heteroatoms. The smallest absolute Gasteiger partial charge is 0.255 e. The Morgan fingerprint density at radius 3 is 2.39 bits per heavy atom. The molecule has 0 bridgehead atoms. The lowest BCUT2D eigenvalue weighted by Gasteiger charge is -2.50. The summed E-state index contributed by atoms with van der Waals surface area (Å²) >= 11 is 6.05. The van der Waals surface area contributed by atoms with Crippen LogP contribution < -0.4 is 11.5 Å². The lowest BCUT2D eigenvalue weighted by atomic mass is 9.58. The van der Waals surface area contributed by atoms with Gasteiger partial charge in [0.2, 0.25) is 5.78 Å². The highest BCUT2D eigenvalue weighted by atomic mass is 35.5. The maximum atomic E-state index is 13.3. The van der Waals surface area contributed by atoms with Gasteiger partial charge >= 0.3 is 0 Å². The van der Waals surface area contributed by atoms with Crippen molar-refractivity contribution in [1.29, 1.82) is 0 Å². The summed E-state index contributed by atoms with van der Waals surface area (Å²) < 4.78 is 0. The third kappa shape index (κ3) is 3.12. The van der Waals surface area contributed by atoms with E-state index < -0.39 is 63.8 Å². The van der Waals surface area contributed by atoms with E-state index in [-0.39, 0.29) is 47.1 Å². The first-order valence-electron chi connectivity index (χ1n) is 9.78. The van der Waals surface area contributed by atoms with Gasteiger partial charge in [-0.3, -0.25) is 19.3 Å². The quantitative estimate of drug-likeness (QED) is 0.194. The minimum atomic E-state index is -2.67. The Bertz CT molecular complexity index is 1180. The largest absolute Gasteiger partial charge is 0.510 e. The molecule has 4 rings (SSSR count). The molecule has 3 aliphatic carbocycles. The van der Waals surface area contributed by atoms with Crippen molar-refractivity contribution in [2.24, 2.45) is 17.6 Å². The average molecular weight is 500 g/mol. The van der Waals surface area contributed by atoms with Gasteiger partial charge in [0.05, 0.1) is 22.3 Å². The van der Waals surface area contributed by atoms with Gasteiger partial charge in [0, 0.05) is 17.6 Å². The number of aliphatic hydroxyl groups is 3. The molecule has 1 aromatic rings. The van der Waals surface area contributed by atoms with Gasteiger partial charge in [0.15, 0.2) is 11.4 Å². The number of phenols is 1. The van der Waals surface area contributed by atoms with E-state index in [4.69, 9.17) is 23.1 Å². The lowest BCUT2D eigenvalue weighted by molar-refractivity contribution is -0.148. The maximum Gasteiger partial charge on any atom is 0.255 e. The number of ketones is 2. The Labute approximate surface area is 199 Å². The first kappa shape index (κ1) is 24.8. The number of hydrogen-bond donors (Lipinski definition) is 6. The van der Waals surface area contributed by atoms with Crippen LogP contribution in [0.25, 0.3) is 0 Å². The molecule has 3 aliphatic rings. The van der Waals surface area contributed by atoms with Crippen molar-refractivity contribution in [2.45, 2.75) is 24.5 Å². The number of allylic oxidation sites excluding steroid dienone is 1. The number of anilines is 1. The molecule has 1 aromatic carbocycles. The third-order valence-electron chi connectivity index (χ3n) is 6.72. The van der Waals surface area contributed by atoms with Crippen molar-refractivity contribution in [1.82, 2.24) is 4.90 Å². The topological polar surface area (TPSA) is 187 Å². The molecule has 8 N–H and O–H groups in total. The van der Waals surface area contributed by atoms with E-state index in [2.05, 4.69) is 0 Å². The highest BCUT2D eigenvalue weighted by Crippen LogP contribution is 2.53. The van der Waals surface area contributed by atoms with Gasteiger partial charge < -0.3 is 31.9 Å². The molecule has 0 spiro atoms. The van der Waals surface area contributed by atoms with E-state index in [0.717, 1.165) is 6.07 Å². The van der Waals surface area contributed by atoms with Crippen molar-refractivity contribution >= 4 is 47.2 Å². The van der Waals surface area contributed by atoms with Crippen LogP contribution in [0.3, 0.4) is 0 Å². The van der Waals surface area contributed by atoms with Gasteiger partial charge in [-0.1, -0.05) is 11.6 Å². The molecule has 178 valence electrons. The number of aromatic hydroxyl groups is 1. The number of phenolic OH excluding ortho intramolecular Hbond substituents is 1. The van der Waals surface area contributed by atoms with Crippen LogP contribution in [0.5, 0.6) is 5.75 Å². The van der Waals surface area contributed by atoms with Crippen LogP contribution in [0, 0.1) is 11.8 Å². The number of Topliss-reactive ketones (excluding diaryl/α,β-unsaturated/α-hetero) is 2. The molecule has 0 saturated carbocycles. The van der Waals surface area contributed by atoms with E-state index in [0.29, 0.717) is 5.56 Å². The predicted octanol–water partition coefficient (Wildman–Crippen LogP) is 0.778. The average Bonchev–Trinajstić information content (AvgIpc) is 2.68. The number of aliphatic hydroxyl groups excluding tert-OH is 2. The second-order valence-electron chi connectivity index (χ2n) is 8.61. The molecule has 0 saturated heterocycles. The number of carbonyl (C=O) groups excluding carboxylic acids is 3. The zero-order valence-corrected chi connectivity index (χ0v) is 19.2. The first-order chi connectivity index (χ1) is 14.8. The number of nitrogens with two attached hydrogens (primary N) is 2. The number of hydrogen-bond acceptors (Lipinski definition) is 9. The zero-order valence-electron chi connectivity index (χ0n) is 17.6. The number of amides is 1. The number of nitrogen functional groups attached to an aromatic ring is 1. The standard InChI is InChI=1S/C21H22ClN3O7.ClH/c1-25(2)15-8-4-6-3-7-12(10(26)5-9(22)14(7)23)16(27)11(6)18(29)21(8,32)19(30)13(17(15)28)20(24)31;/h5-6,8,15,26,28-29,32H,3-4,23H2,1-2H3,(H2,24,31);1H/t6?,8?,15-,21-;/m0./s1. The van der Waals surface area contributed by atoms with Gasteiger partial charge in [0.1, 0.15) is 22.8 Å². The van der Waals surface area contributed by atoms with E-state index in [1.54, 1.807) is 14.1 Å². The second kappa shape index (κ2) is 7.91. The van der Waals surface area contributed by atoms with Crippen LogP contribution in [0.15, 0.2) is 28.7 Å². The minimum Gasteiger partial charge on any atom is -0.510 e. The lowest BCUT2D eigenvalue weighted by Crippen LogP contribution is -2.63. The molecule has 4 atom stereocenters. The van der Waals surface area contributed by atoms with E-state index in [1.807, 2.05) is 0 Å². The summed E-state index contributed by atoms with van der Waals surface area (Å²) in [5.74, 6) is -7.15. The summed E-state index contributed by atoms with van der Waals surface area (Å²) in [4.78, 5) is 39.8. The Kier molecular flexibility index (Phi) is 5.96. The van der Waals surface area contributed by atoms with Crippen molar-refractivity contribution in [3.05, 3.63) is 44.9 Å². The molecule has 33 heavy (non-hydrogen) atoms. The molecule has 0 aliphatic heterocycles. The summed E-state index contributed by atoms with van der Waals surface area (Å²) in [6.45, 7) is 0. The normalized spacial score (nSPS) is 28.8. The number of benzene rings is 1. The molecule has 0 fully saturated rings. The van der Waals surface area contributed by atoms with Crippen molar-refractivity contribution in [2.75, 3.05) is 19.8 Å². The summed E-state index contributed by atoms with van der Waals surface area (Å²) in [6, 6.07) is 0.0524. The highest BCUT2D eigenvalue weighted by Gasteiger charge is 2.63. The van der Waals surface area contributed by atoms with Gasteiger partial charge in [0.25, 0.3) is 5.91 Å². The van der Waals surface area contributed by atoms with Crippen LogP contribution >= 0.6 is 24.0 Å². The highest BCUT2D eigenvalue weighted by molar-refractivity contribution is 6.34. The maximum absolute atomic E-state index is 13.3. The number of rotatable bonds is 2. The van der Waals surface area contributed by atoms with Crippen LogP contribution in [-0.4, -0.2) is 68.5 Å². The molecule has 0 radical (unpaired) electrons. The molecule has 2 unspecified atom stereocenters. The Hall–Kier alpha value is -2.79. The Morgan fingerprint density at radius 1 is 1.24 bits per heavy atom. The number of primary amides is 1. The van der Waals surface area contributed by atoms with E-state index in [1.165, 1.54) is 4.90 Å². The van der Waals surface area contributed by atoms with Crippen molar-refractivity contribution in [3.63, 3.8) is 0 Å². The van der Waals surface area contributed by atoms with Gasteiger partial charge in [-0.25, -0.2) is 0 Å². The van der Waals surface area contributed by atoms with Crippen molar-refractivity contribution < 1.29 is 34.8 Å². The molecule has 0 aromatic heterocycles. The molecular weight excluding hydrogens is 477 g/mol. The number of carbonyl (C=O) groups is 3. The fourth-order valence-corrected chi connectivity index (χ4v) is 5.54. The van der Waals surface area contributed by atoms with Crippen LogP contribution in [0.1, 0.15) is 22.3 Å². The van der Waals surface area contributed by atoms with Crippen molar-refractivity contribution in [3.8, 4) is 5.75 Å². The summed E-state index contributed by atoms with van der Waals surface area (Å²) in [5.41, 5.74) is 7.78. The first-order valence-corrected chi connectivity index (χ1v) is 10.2. The van der Waals surface area contributed by atoms with Crippen LogP contribution in [-0.2, 0) is 16.0 Å². The monoisotopic (exact) mass is 499 g/mol. The van der Waals surface area contributed by atoms with Crippen LogP contribution in [0.2, 0.25) is 5.02 Å². The number of likely N-dealkylation sites (N-methyl/N-ethyl adjacent to an activating group) is 1. The summed E-state index contributed by atoms with van der Waals surface area (Å²) in [5, 5.41) is 43.6. The fourth-order valence-electron chi connectivity index (χ4n) is 5.32. The SMILES string of the molecule is CN(C)[C@@H]1C(O)=C(C(N)=O)C(=O)[C@@]2(O)C(O)=C3C(=O)c4c(O)cc(Cl)c(N)c4CC3CC12.Cl. The molecule has 0 heterocycles. The van der Waals surface area contributed by atoms with E-state index >= 15 is 0 Å². The Morgan fingerprint density at radius 2 is 1.85 bits per heavy atom. The second-order valence-corrected chi connectivity index (χ2v) is 9.02. The number of halogens is 2. The van der Waals surface area contributed by atoms with Gasteiger partial charge in [-0.15, -0.1) is 12.4 Å². The zero-order chi connectivity index (χ0) is 23.9. The van der Waals surface area contributed by atoms with Gasteiger partial charge in [-0.05, 0) is 38.4 Å². The summed E-state index contributed by atoms with van der Waals surface area (Å²) in [7, 11) is 3.12.